The van der Waals surface area contributed by atoms with Crippen molar-refractivity contribution < 1.29 is 49.0 Å². The Hall–Kier alpha value is -2.34. The highest BCUT2D eigenvalue weighted by molar-refractivity contribution is 5.70. The van der Waals surface area contributed by atoms with Crippen LogP contribution in [0.1, 0.15) is 149 Å². The fourth-order valence-electron chi connectivity index (χ4n) is 5.79. The van der Waals surface area contributed by atoms with Crippen LogP contribution in [0.3, 0.4) is 0 Å². The summed E-state index contributed by atoms with van der Waals surface area (Å²) in [4.78, 5) is 25.2. The minimum Gasteiger partial charge on any atom is -0.462 e. The lowest BCUT2D eigenvalue weighted by molar-refractivity contribution is -0.305. The molecule has 0 saturated carbocycles. The Morgan fingerprint density at radius 1 is 0.615 bits per heavy atom. The van der Waals surface area contributed by atoms with Gasteiger partial charge in [-0.05, 0) is 38.5 Å². The summed E-state index contributed by atoms with van der Waals surface area (Å²) < 4.78 is 22.0. The summed E-state index contributed by atoms with van der Waals surface area (Å²) in [5.41, 5.74) is 0. The number of rotatable bonds is 32. The number of aliphatic hydroxyl groups excluding tert-OH is 4. The number of ether oxygens (including phenoxy) is 4. The third-order valence-electron chi connectivity index (χ3n) is 8.99. The van der Waals surface area contributed by atoms with E-state index in [0.29, 0.717) is 6.42 Å². The van der Waals surface area contributed by atoms with Crippen LogP contribution in [-0.4, -0.2) is 89.0 Å². The third-order valence-corrected chi connectivity index (χ3v) is 8.99. The van der Waals surface area contributed by atoms with E-state index in [1.54, 1.807) is 0 Å². The van der Waals surface area contributed by atoms with E-state index in [0.717, 1.165) is 44.9 Å². The number of esters is 2. The van der Waals surface area contributed by atoms with Crippen LogP contribution in [0.25, 0.3) is 0 Å². The number of aliphatic hydroxyl groups is 4. The molecule has 1 saturated heterocycles. The topological polar surface area (TPSA) is 152 Å². The van der Waals surface area contributed by atoms with Crippen LogP contribution in [0.15, 0.2) is 48.6 Å². The molecule has 1 heterocycles. The van der Waals surface area contributed by atoms with Crippen molar-refractivity contribution in [1.29, 1.82) is 0 Å². The van der Waals surface area contributed by atoms with Crippen molar-refractivity contribution >= 4 is 11.9 Å². The van der Waals surface area contributed by atoms with Gasteiger partial charge in [-0.15, -0.1) is 0 Å². The van der Waals surface area contributed by atoms with Gasteiger partial charge in [0.2, 0.25) is 0 Å². The first-order valence-corrected chi connectivity index (χ1v) is 20.2. The van der Waals surface area contributed by atoms with Gasteiger partial charge < -0.3 is 39.4 Å². The molecular formula is C42H72O10. The van der Waals surface area contributed by atoms with E-state index in [4.69, 9.17) is 18.9 Å². The van der Waals surface area contributed by atoms with Gasteiger partial charge in [0.25, 0.3) is 0 Å². The van der Waals surface area contributed by atoms with Gasteiger partial charge in [-0.1, -0.05) is 146 Å². The van der Waals surface area contributed by atoms with Gasteiger partial charge in [0, 0.05) is 12.8 Å². The lowest BCUT2D eigenvalue weighted by Crippen LogP contribution is -2.59. The van der Waals surface area contributed by atoms with Gasteiger partial charge in [-0.2, -0.15) is 0 Å². The van der Waals surface area contributed by atoms with E-state index in [2.05, 4.69) is 50.3 Å². The van der Waals surface area contributed by atoms with Gasteiger partial charge in [0.05, 0.1) is 13.2 Å². The smallest absolute Gasteiger partial charge is 0.306 e. The van der Waals surface area contributed by atoms with Crippen LogP contribution in [0.4, 0.5) is 0 Å². The molecule has 1 aliphatic rings. The molecule has 0 aromatic heterocycles. The Bertz CT molecular complexity index is 991. The molecule has 0 aromatic rings. The second-order valence-corrected chi connectivity index (χ2v) is 13.7. The first-order valence-electron chi connectivity index (χ1n) is 20.2. The average molecular weight is 737 g/mol. The summed E-state index contributed by atoms with van der Waals surface area (Å²) in [6.07, 6.45) is 29.9. The van der Waals surface area contributed by atoms with E-state index in [1.165, 1.54) is 70.6 Å². The van der Waals surface area contributed by atoms with Gasteiger partial charge in [-0.25, -0.2) is 0 Å². The summed E-state index contributed by atoms with van der Waals surface area (Å²) in [6.45, 7) is 3.22. The summed E-state index contributed by atoms with van der Waals surface area (Å²) >= 11 is 0. The lowest BCUT2D eigenvalue weighted by atomic mass is 9.99. The van der Waals surface area contributed by atoms with E-state index >= 15 is 0 Å². The molecule has 300 valence electrons. The molecule has 0 spiro atoms. The van der Waals surface area contributed by atoms with E-state index in [9.17, 15) is 30.0 Å². The lowest BCUT2D eigenvalue weighted by Gasteiger charge is -2.39. The molecule has 1 aliphatic heterocycles. The van der Waals surface area contributed by atoms with Crippen molar-refractivity contribution in [2.24, 2.45) is 0 Å². The molecule has 6 unspecified atom stereocenters. The minimum absolute atomic E-state index is 0.109. The Morgan fingerprint density at radius 3 is 1.67 bits per heavy atom. The molecule has 6 atom stereocenters. The molecule has 10 heteroatoms. The van der Waals surface area contributed by atoms with E-state index in [-0.39, 0.29) is 26.1 Å². The minimum atomic E-state index is -1.61. The summed E-state index contributed by atoms with van der Waals surface area (Å²) in [6, 6.07) is 0. The molecule has 0 radical (unpaired) electrons. The largest absolute Gasteiger partial charge is 0.462 e. The molecule has 0 amide bonds. The van der Waals surface area contributed by atoms with Crippen molar-refractivity contribution in [3.63, 3.8) is 0 Å². The highest BCUT2D eigenvalue weighted by Gasteiger charge is 2.44. The van der Waals surface area contributed by atoms with Crippen LogP contribution in [0.2, 0.25) is 0 Å². The Balaban J connectivity index is 2.42. The molecule has 52 heavy (non-hydrogen) atoms. The highest BCUT2D eigenvalue weighted by Crippen LogP contribution is 2.22. The molecule has 1 fully saturated rings. The Kier molecular flexibility index (Phi) is 30.5. The van der Waals surface area contributed by atoms with E-state index in [1.807, 2.05) is 12.2 Å². The first-order chi connectivity index (χ1) is 25.3. The van der Waals surface area contributed by atoms with Crippen LogP contribution in [0.5, 0.6) is 0 Å². The van der Waals surface area contributed by atoms with Gasteiger partial charge in [-0.3, -0.25) is 9.59 Å². The van der Waals surface area contributed by atoms with Gasteiger partial charge in [0.1, 0.15) is 31.0 Å². The SMILES string of the molecule is CC/C=C\C/C=C\C/C=C\C/C=C\CCC(=O)OC(COC(=O)CCCCCCCCCCCCCCCC)COC1OC(CO)C(O)C(O)C1O. The molecule has 1 rings (SSSR count). The molecular weight excluding hydrogens is 664 g/mol. The standard InChI is InChI=1S/C42H72O10/c1-3-5-7-9-11-13-15-17-19-20-22-24-26-28-30-37(44)49-33-35(34-50-42-41(48)40(47)39(46)36(32-43)52-42)51-38(45)31-29-27-25-23-21-18-16-14-12-10-8-6-4-2/h6,8,12,14,18,21,25,27,35-36,39-43,46-48H,3-5,7,9-11,13,15-17,19-20,22-24,26,28-34H2,1-2H3/b8-6-,14-12-,21-18-,27-25-. The number of carbonyl (C=O) groups excluding carboxylic acids is 2. The van der Waals surface area contributed by atoms with Crippen molar-refractivity contribution in [1.82, 2.24) is 0 Å². The monoisotopic (exact) mass is 737 g/mol. The summed E-state index contributed by atoms with van der Waals surface area (Å²) in [5.74, 6) is -0.902. The van der Waals surface area contributed by atoms with Gasteiger partial charge >= 0.3 is 11.9 Å². The zero-order valence-electron chi connectivity index (χ0n) is 32.3. The van der Waals surface area contributed by atoms with Crippen LogP contribution >= 0.6 is 0 Å². The zero-order valence-corrected chi connectivity index (χ0v) is 32.3. The summed E-state index contributed by atoms with van der Waals surface area (Å²) in [5, 5.41) is 39.9. The molecule has 0 bridgehead atoms. The maximum absolute atomic E-state index is 12.7. The maximum Gasteiger partial charge on any atom is 0.306 e. The van der Waals surface area contributed by atoms with Crippen LogP contribution < -0.4 is 0 Å². The predicted octanol–water partition coefficient (Wildman–Crippen LogP) is 7.71. The van der Waals surface area contributed by atoms with Crippen LogP contribution in [0, 0.1) is 0 Å². The predicted molar refractivity (Wildman–Crippen MR) is 205 cm³/mol. The average Bonchev–Trinajstić information content (AvgIpc) is 3.14. The fourth-order valence-corrected chi connectivity index (χ4v) is 5.79. The second kappa shape index (κ2) is 33.2. The van der Waals surface area contributed by atoms with Crippen LogP contribution in [-0.2, 0) is 28.5 Å². The normalized spacial score (nSPS) is 21.5. The number of allylic oxidation sites excluding steroid dienone is 8. The summed E-state index contributed by atoms with van der Waals surface area (Å²) in [7, 11) is 0. The number of hydrogen-bond acceptors (Lipinski definition) is 10. The molecule has 4 N–H and O–H groups in total. The zero-order chi connectivity index (χ0) is 38.1. The number of carbonyl (C=O) groups is 2. The quantitative estimate of drug-likeness (QED) is 0.0307. The Morgan fingerprint density at radius 2 is 1.13 bits per heavy atom. The number of unbranched alkanes of at least 4 members (excludes halogenated alkanes) is 13. The van der Waals surface area contributed by atoms with Gasteiger partial charge in [0.15, 0.2) is 12.4 Å². The fraction of sp³-hybridized carbons (Fsp3) is 0.762. The first kappa shape index (κ1) is 47.7. The van der Waals surface area contributed by atoms with Crippen molar-refractivity contribution in [2.75, 3.05) is 19.8 Å². The molecule has 0 aliphatic carbocycles. The number of hydrogen-bond donors (Lipinski definition) is 4. The van der Waals surface area contributed by atoms with Crippen molar-refractivity contribution in [3.05, 3.63) is 48.6 Å². The second-order valence-electron chi connectivity index (χ2n) is 13.7. The van der Waals surface area contributed by atoms with Crippen molar-refractivity contribution in [2.45, 2.75) is 185 Å². The molecule has 0 aromatic carbocycles. The third kappa shape index (κ3) is 24.8. The maximum atomic E-state index is 12.7. The highest BCUT2D eigenvalue weighted by atomic mass is 16.7. The van der Waals surface area contributed by atoms with E-state index < -0.39 is 55.4 Å². The molecule has 10 nitrogen and oxygen atoms in total. The van der Waals surface area contributed by atoms with Crippen molar-refractivity contribution in [3.8, 4) is 0 Å². The Labute approximate surface area is 314 Å².